The number of alkyl halides is 3. The zero-order valence-electron chi connectivity index (χ0n) is 20.2. The lowest BCUT2D eigenvalue weighted by molar-refractivity contribution is -0.265. The van der Waals surface area contributed by atoms with Crippen LogP contribution in [0.25, 0.3) is 17.0 Å². The van der Waals surface area contributed by atoms with Crippen LogP contribution >= 0.6 is 0 Å². The SMILES string of the molecule is C[C@]1(C(N)=O)COc2c1cc([C@@](O)(CNC(=O)c1cnc3nccn3c1)C(F)(F)F)nc2-c1ccc(F)cc1. The minimum absolute atomic E-state index is 0.0278. The van der Waals surface area contributed by atoms with Gasteiger partial charge < -0.3 is 20.9 Å². The molecule has 0 unspecified atom stereocenters. The van der Waals surface area contributed by atoms with Crippen molar-refractivity contribution in [2.45, 2.75) is 24.1 Å². The van der Waals surface area contributed by atoms with Gasteiger partial charge in [-0.1, -0.05) is 0 Å². The summed E-state index contributed by atoms with van der Waals surface area (Å²) in [6.07, 6.45) is 0.0206. The van der Waals surface area contributed by atoms with Crippen molar-refractivity contribution >= 4 is 17.6 Å². The van der Waals surface area contributed by atoms with E-state index < -0.39 is 47.1 Å². The number of imidazole rings is 1. The summed E-state index contributed by atoms with van der Waals surface area (Å²) in [5, 5.41) is 13.1. The van der Waals surface area contributed by atoms with Crippen LogP contribution in [-0.4, -0.2) is 55.6 Å². The van der Waals surface area contributed by atoms with Gasteiger partial charge >= 0.3 is 6.18 Å². The van der Waals surface area contributed by atoms with Gasteiger partial charge in [-0.05, 0) is 37.3 Å². The number of benzene rings is 1. The molecule has 1 aliphatic rings. The number of primary amides is 1. The number of nitrogens with zero attached hydrogens (tertiary/aromatic N) is 4. The largest absolute Gasteiger partial charge is 0.489 e. The van der Waals surface area contributed by atoms with Gasteiger partial charge in [0.2, 0.25) is 17.3 Å². The van der Waals surface area contributed by atoms with Gasteiger partial charge in [-0.3, -0.25) is 14.0 Å². The minimum Gasteiger partial charge on any atom is -0.489 e. The monoisotopic (exact) mass is 544 g/mol. The van der Waals surface area contributed by atoms with E-state index >= 15 is 0 Å². The van der Waals surface area contributed by atoms with Crippen LogP contribution in [0, 0.1) is 5.82 Å². The maximum absolute atomic E-state index is 14.5. The van der Waals surface area contributed by atoms with E-state index in [-0.39, 0.29) is 40.5 Å². The van der Waals surface area contributed by atoms with Crippen molar-refractivity contribution < 1.29 is 37.0 Å². The van der Waals surface area contributed by atoms with Gasteiger partial charge in [0.05, 0.1) is 17.8 Å². The van der Waals surface area contributed by atoms with Gasteiger partial charge in [-0.15, -0.1) is 0 Å². The van der Waals surface area contributed by atoms with E-state index in [1.807, 2.05) is 0 Å². The molecule has 0 bridgehead atoms. The molecule has 2 amide bonds. The zero-order valence-corrected chi connectivity index (χ0v) is 20.2. The van der Waals surface area contributed by atoms with Gasteiger partial charge in [0.25, 0.3) is 5.91 Å². The van der Waals surface area contributed by atoms with Crippen molar-refractivity contribution in [2.24, 2.45) is 5.73 Å². The number of amides is 2. The van der Waals surface area contributed by atoms with Crippen LogP contribution < -0.4 is 15.8 Å². The van der Waals surface area contributed by atoms with Gasteiger partial charge in [0, 0.05) is 35.9 Å². The Balaban J connectivity index is 1.59. The molecule has 4 N–H and O–H groups in total. The average Bonchev–Trinajstić information content (AvgIpc) is 3.51. The number of nitrogens with two attached hydrogens (primary N) is 1. The summed E-state index contributed by atoms with van der Waals surface area (Å²) in [5.41, 5.74) is -0.765. The predicted molar refractivity (Wildman–Crippen MR) is 127 cm³/mol. The zero-order chi connectivity index (χ0) is 28.2. The van der Waals surface area contributed by atoms with Crippen molar-refractivity contribution in [1.82, 2.24) is 24.7 Å². The fourth-order valence-corrected chi connectivity index (χ4v) is 4.18. The number of aliphatic hydroxyl groups is 1. The molecule has 0 saturated carbocycles. The predicted octanol–water partition coefficient (Wildman–Crippen LogP) is 2.25. The van der Waals surface area contributed by atoms with Crippen LogP contribution in [0.4, 0.5) is 17.6 Å². The molecule has 0 radical (unpaired) electrons. The summed E-state index contributed by atoms with van der Waals surface area (Å²) in [6.45, 7) is -0.241. The Morgan fingerprint density at radius 1 is 1.23 bits per heavy atom. The van der Waals surface area contributed by atoms with Crippen LogP contribution in [0.1, 0.15) is 28.5 Å². The highest BCUT2D eigenvalue weighted by Gasteiger charge is 2.57. The Hall–Kier alpha value is -4.59. The number of rotatable bonds is 6. The summed E-state index contributed by atoms with van der Waals surface area (Å²) in [7, 11) is 0. The van der Waals surface area contributed by atoms with Gasteiger partial charge in [0.1, 0.15) is 29.3 Å². The summed E-state index contributed by atoms with van der Waals surface area (Å²) in [6, 6.07) is 5.55. The van der Waals surface area contributed by atoms with Crippen molar-refractivity contribution in [3.8, 4) is 17.0 Å². The maximum Gasteiger partial charge on any atom is 0.424 e. The molecule has 0 spiro atoms. The normalized spacial score (nSPS) is 18.3. The van der Waals surface area contributed by atoms with Crippen LogP contribution in [0.3, 0.4) is 0 Å². The molecule has 0 saturated heterocycles. The molecule has 1 aromatic carbocycles. The smallest absolute Gasteiger partial charge is 0.424 e. The number of pyridine rings is 1. The standard InChI is InChI=1S/C25H20F4N6O4/c1-23(21(30)37)12-39-19-16(23)8-17(34-18(19)13-2-4-15(26)5-3-13)24(38,25(27,28)29)11-33-20(36)14-9-32-22-31-6-7-35(22)10-14/h2-10,38H,11-12H2,1H3,(H2,30,37)(H,33,36)/t23-,24-/m0/s1. The fourth-order valence-electron chi connectivity index (χ4n) is 4.18. The summed E-state index contributed by atoms with van der Waals surface area (Å²) in [4.78, 5) is 36.9. The first kappa shape index (κ1) is 26.0. The summed E-state index contributed by atoms with van der Waals surface area (Å²) < 4.78 is 64.0. The second-order valence-electron chi connectivity index (χ2n) is 9.24. The average molecular weight is 544 g/mol. The van der Waals surface area contributed by atoms with E-state index in [0.29, 0.717) is 0 Å². The Morgan fingerprint density at radius 2 is 1.95 bits per heavy atom. The van der Waals surface area contributed by atoms with Crippen molar-refractivity contribution in [3.05, 3.63) is 77.8 Å². The van der Waals surface area contributed by atoms with E-state index in [4.69, 9.17) is 10.5 Å². The van der Waals surface area contributed by atoms with Crippen molar-refractivity contribution in [3.63, 3.8) is 0 Å². The fraction of sp³-hybridized carbons (Fsp3) is 0.240. The van der Waals surface area contributed by atoms with Gasteiger partial charge in [-0.2, -0.15) is 13.2 Å². The number of carbonyl (C=O) groups is 2. The Bertz CT molecular complexity index is 1610. The summed E-state index contributed by atoms with van der Waals surface area (Å²) >= 11 is 0. The van der Waals surface area contributed by atoms with Crippen LogP contribution in [0.5, 0.6) is 5.75 Å². The van der Waals surface area contributed by atoms with Crippen LogP contribution in [-0.2, 0) is 15.8 Å². The van der Waals surface area contributed by atoms with Gasteiger partial charge in [0.15, 0.2) is 0 Å². The number of fused-ring (bicyclic) bond motifs is 2. The lowest BCUT2D eigenvalue weighted by Crippen LogP contribution is -2.51. The van der Waals surface area contributed by atoms with E-state index in [2.05, 4.69) is 20.3 Å². The molecule has 5 rings (SSSR count). The summed E-state index contributed by atoms with van der Waals surface area (Å²) in [5.74, 6) is -2.19. The van der Waals surface area contributed by atoms with E-state index in [9.17, 15) is 32.3 Å². The first-order valence-electron chi connectivity index (χ1n) is 11.4. The quantitative estimate of drug-likeness (QED) is 0.316. The number of halogens is 4. The Kier molecular flexibility index (Phi) is 6.01. The third-order valence-electron chi connectivity index (χ3n) is 6.64. The Morgan fingerprint density at radius 3 is 2.62 bits per heavy atom. The van der Waals surface area contributed by atoms with Crippen molar-refractivity contribution in [1.29, 1.82) is 0 Å². The van der Waals surface area contributed by atoms with Gasteiger partial charge in [-0.25, -0.2) is 19.3 Å². The second-order valence-corrected chi connectivity index (χ2v) is 9.24. The second kappa shape index (κ2) is 9.01. The minimum atomic E-state index is -5.34. The number of carbonyl (C=O) groups excluding carboxylic acids is 2. The molecule has 4 aromatic rings. The molecule has 0 fully saturated rings. The lowest BCUT2D eigenvalue weighted by atomic mass is 9.81. The highest BCUT2D eigenvalue weighted by molar-refractivity contribution is 5.94. The molecule has 14 heteroatoms. The molecule has 3 aromatic heterocycles. The molecular formula is C25H20F4N6O4. The molecule has 39 heavy (non-hydrogen) atoms. The number of nitrogens with one attached hydrogen (secondary N) is 1. The third kappa shape index (κ3) is 4.31. The maximum atomic E-state index is 14.5. The highest BCUT2D eigenvalue weighted by Crippen LogP contribution is 2.47. The number of hydrogen-bond donors (Lipinski definition) is 3. The van der Waals surface area contributed by atoms with Crippen LogP contribution in [0.15, 0.2) is 55.1 Å². The number of ether oxygens (including phenoxy) is 1. The Labute approximate surface area is 217 Å². The van der Waals surface area contributed by atoms with E-state index in [1.165, 1.54) is 42.0 Å². The number of aromatic nitrogens is 4. The molecule has 2 atom stereocenters. The topological polar surface area (TPSA) is 145 Å². The third-order valence-corrected chi connectivity index (χ3v) is 6.64. The molecule has 10 nitrogen and oxygen atoms in total. The molecular weight excluding hydrogens is 524 g/mol. The molecule has 202 valence electrons. The van der Waals surface area contributed by atoms with Crippen molar-refractivity contribution in [2.75, 3.05) is 13.2 Å². The first-order valence-corrected chi connectivity index (χ1v) is 11.4. The van der Waals surface area contributed by atoms with Crippen LogP contribution in [0.2, 0.25) is 0 Å². The molecule has 0 aliphatic carbocycles. The lowest BCUT2D eigenvalue weighted by Gasteiger charge is -2.31. The van der Waals surface area contributed by atoms with E-state index in [0.717, 1.165) is 24.4 Å². The van der Waals surface area contributed by atoms with E-state index in [1.54, 1.807) is 0 Å². The number of hydrogen-bond acceptors (Lipinski definition) is 7. The first-order chi connectivity index (χ1) is 18.3. The molecule has 4 heterocycles. The highest BCUT2D eigenvalue weighted by atomic mass is 19.4. The molecule has 1 aliphatic heterocycles.